The van der Waals surface area contributed by atoms with E-state index in [1.54, 1.807) is 30.3 Å². The Hall–Kier alpha value is -2.60. The normalized spacial score (nSPS) is 14.8. The van der Waals surface area contributed by atoms with Crippen LogP contribution >= 0.6 is 0 Å². The minimum atomic E-state index is -3.75. The molecule has 0 saturated carbocycles. The molecule has 0 radical (unpaired) electrons. The highest BCUT2D eigenvalue weighted by molar-refractivity contribution is 7.92. The largest absolute Gasteiger partial charge is 0.330 e. The molecule has 0 fully saturated rings. The van der Waals surface area contributed by atoms with E-state index in [0.717, 1.165) is 27.6 Å². The molecule has 0 unspecified atom stereocenters. The van der Waals surface area contributed by atoms with Crippen LogP contribution in [0.3, 0.4) is 0 Å². The Balaban J connectivity index is 1.99. The maximum absolute atomic E-state index is 13.9. The fourth-order valence-corrected chi connectivity index (χ4v) is 5.16. The molecule has 2 aromatic carbocycles. The van der Waals surface area contributed by atoms with E-state index in [0.29, 0.717) is 12.2 Å². The van der Waals surface area contributed by atoms with Crippen LogP contribution in [0.4, 0.5) is 10.2 Å². The summed E-state index contributed by atoms with van der Waals surface area (Å²) in [6.07, 6.45) is 2.52. The Kier molecular flexibility index (Phi) is 4.11. The Morgan fingerprint density at radius 3 is 2.44 bits per heavy atom. The molecule has 0 aliphatic carbocycles. The Bertz CT molecular complexity index is 1180. The molecule has 6 heteroatoms. The van der Waals surface area contributed by atoms with Crippen LogP contribution in [0.5, 0.6) is 0 Å². The van der Waals surface area contributed by atoms with Crippen molar-refractivity contribution in [3.63, 3.8) is 0 Å². The summed E-state index contributed by atoms with van der Waals surface area (Å²) in [5, 5.41) is 0.756. The highest BCUT2D eigenvalue weighted by Gasteiger charge is 2.31. The molecule has 0 amide bonds. The zero-order valence-electron chi connectivity index (χ0n) is 15.5. The fraction of sp³-hybridized carbons (Fsp3) is 0.238. The van der Waals surface area contributed by atoms with Gasteiger partial charge in [0, 0.05) is 23.5 Å². The van der Waals surface area contributed by atoms with Gasteiger partial charge in [-0.3, -0.25) is 0 Å². The average Bonchev–Trinajstić information content (AvgIpc) is 2.77. The second-order valence-electron chi connectivity index (χ2n) is 7.10. The molecular weight excluding hydrogens is 363 g/mol. The second-order valence-corrected chi connectivity index (χ2v) is 8.96. The molecule has 140 valence electrons. The van der Waals surface area contributed by atoms with Crippen molar-refractivity contribution in [3.8, 4) is 0 Å². The zero-order chi connectivity index (χ0) is 19.3. The van der Waals surface area contributed by atoms with Gasteiger partial charge in [-0.05, 0) is 50.6 Å². The molecule has 4 rings (SSSR count). The van der Waals surface area contributed by atoms with Gasteiger partial charge in [0.2, 0.25) is 0 Å². The monoisotopic (exact) mass is 384 g/mol. The van der Waals surface area contributed by atoms with Crippen LogP contribution in [-0.4, -0.2) is 19.5 Å². The fourth-order valence-electron chi connectivity index (χ4n) is 3.70. The molecule has 0 spiro atoms. The van der Waals surface area contributed by atoms with Gasteiger partial charge in [0.1, 0.15) is 11.6 Å². The van der Waals surface area contributed by atoms with Gasteiger partial charge in [-0.2, -0.15) is 0 Å². The lowest BCUT2D eigenvalue weighted by molar-refractivity contribution is 0.591. The molecule has 1 aromatic heterocycles. The maximum atomic E-state index is 13.9. The van der Waals surface area contributed by atoms with Crippen molar-refractivity contribution in [1.29, 1.82) is 0 Å². The SMILES string of the molecule is CC1=CCN(S(=O)(=O)c2ccc(C)cc2)c2c(c3cc(F)ccc3n2C)C1. The topological polar surface area (TPSA) is 42.3 Å². The van der Waals surface area contributed by atoms with Crippen LogP contribution in [-0.2, 0) is 23.5 Å². The molecular formula is C21H21FN2O2S. The van der Waals surface area contributed by atoms with Gasteiger partial charge < -0.3 is 4.57 Å². The molecule has 2 heterocycles. The number of hydrogen-bond acceptors (Lipinski definition) is 2. The van der Waals surface area contributed by atoms with E-state index < -0.39 is 10.0 Å². The summed E-state index contributed by atoms with van der Waals surface area (Å²) in [6.45, 7) is 4.15. The first-order valence-corrected chi connectivity index (χ1v) is 10.2. The average molecular weight is 384 g/mol. The molecule has 1 aliphatic heterocycles. The van der Waals surface area contributed by atoms with Crippen LogP contribution in [0, 0.1) is 12.7 Å². The van der Waals surface area contributed by atoms with E-state index in [2.05, 4.69) is 0 Å². The van der Waals surface area contributed by atoms with E-state index >= 15 is 0 Å². The van der Waals surface area contributed by atoms with Crippen LogP contribution in [0.1, 0.15) is 18.1 Å². The van der Waals surface area contributed by atoms with E-state index in [4.69, 9.17) is 0 Å². The molecule has 27 heavy (non-hydrogen) atoms. The number of benzene rings is 2. The molecule has 0 saturated heterocycles. The summed E-state index contributed by atoms with van der Waals surface area (Å²) in [4.78, 5) is 0.253. The third kappa shape index (κ3) is 2.84. The molecule has 4 nitrogen and oxygen atoms in total. The highest BCUT2D eigenvalue weighted by Crippen LogP contribution is 2.38. The molecule has 3 aromatic rings. The van der Waals surface area contributed by atoms with Gasteiger partial charge in [0.15, 0.2) is 0 Å². The number of nitrogens with zero attached hydrogens (tertiary/aromatic N) is 2. The van der Waals surface area contributed by atoms with E-state index in [1.807, 2.05) is 31.5 Å². The van der Waals surface area contributed by atoms with Crippen molar-refractivity contribution in [2.24, 2.45) is 7.05 Å². The summed E-state index contributed by atoms with van der Waals surface area (Å²) in [5.74, 6) is 0.277. The highest BCUT2D eigenvalue weighted by atomic mass is 32.2. The molecule has 0 N–H and O–H groups in total. The quantitative estimate of drug-likeness (QED) is 0.618. The Labute approximate surface area is 158 Å². The first-order valence-electron chi connectivity index (χ1n) is 8.81. The lowest BCUT2D eigenvalue weighted by Gasteiger charge is -2.24. The summed E-state index contributed by atoms with van der Waals surface area (Å²) in [6, 6.07) is 11.5. The maximum Gasteiger partial charge on any atom is 0.265 e. The number of allylic oxidation sites excluding steroid dienone is 1. The summed E-state index contributed by atoms with van der Waals surface area (Å²) < 4.78 is 44.0. The van der Waals surface area contributed by atoms with Gasteiger partial charge in [-0.1, -0.05) is 29.3 Å². The Morgan fingerprint density at radius 2 is 1.74 bits per heavy atom. The number of aromatic nitrogens is 1. The lowest BCUT2D eigenvalue weighted by Crippen LogP contribution is -2.33. The van der Waals surface area contributed by atoms with Gasteiger partial charge in [0.05, 0.1) is 11.4 Å². The first kappa shape index (κ1) is 17.8. The van der Waals surface area contributed by atoms with Crippen molar-refractivity contribution in [1.82, 2.24) is 4.57 Å². The number of aryl methyl sites for hydroxylation is 2. The molecule has 1 aliphatic rings. The van der Waals surface area contributed by atoms with Gasteiger partial charge in [0.25, 0.3) is 10.0 Å². The zero-order valence-corrected chi connectivity index (χ0v) is 16.3. The van der Waals surface area contributed by atoms with Crippen molar-refractivity contribution < 1.29 is 12.8 Å². The summed E-state index contributed by atoms with van der Waals surface area (Å²) in [7, 11) is -1.91. The Morgan fingerprint density at radius 1 is 1.04 bits per heavy atom. The van der Waals surface area contributed by atoms with Crippen molar-refractivity contribution in [2.45, 2.75) is 25.2 Å². The predicted octanol–water partition coefficient (Wildman–Crippen LogP) is 4.32. The third-order valence-electron chi connectivity index (χ3n) is 5.14. The standard InChI is InChI=1S/C21H21FN2O2S/c1-14-4-7-17(8-5-14)27(25,26)24-11-10-15(2)12-19-18-13-16(22)6-9-20(18)23(3)21(19)24/h4-10,13H,11-12H2,1-3H3. The minimum absolute atomic E-state index is 0.252. The van der Waals surface area contributed by atoms with Gasteiger partial charge in [-0.15, -0.1) is 0 Å². The number of sulfonamides is 1. The number of hydrogen-bond donors (Lipinski definition) is 0. The summed E-state index contributed by atoms with van der Waals surface area (Å²) in [5.41, 5.74) is 3.73. The van der Waals surface area contributed by atoms with Crippen LogP contribution in [0.25, 0.3) is 10.9 Å². The summed E-state index contributed by atoms with van der Waals surface area (Å²) >= 11 is 0. The predicted molar refractivity (Wildman–Crippen MR) is 106 cm³/mol. The van der Waals surface area contributed by atoms with Crippen LogP contribution < -0.4 is 4.31 Å². The van der Waals surface area contributed by atoms with Crippen molar-refractivity contribution in [3.05, 3.63) is 71.1 Å². The minimum Gasteiger partial charge on any atom is -0.330 e. The molecule has 0 bridgehead atoms. The van der Waals surface area contributed by atoms with Crippen molar-refractivity contribution >= 4 is 26.7 Å². The first-order chi connectivity index (χ1) is 12.8. The van der Waals surface area contributed by atoms with E-state index in [9.17, 15) is 12.8 Å². The molecule has 0 atom stereocenters. The lowest BCUT2D eigenvalue weighted by atomic mass is 10.1. The smallest absolute Gasteiger partial charge is 0.265 e. The second kappa shape index (κ2) is 6.23. The number of anilines is 1. The van der Waals surface area contributed by atoms with Crippen molar-refractivity contribution in [2.75, 3.05) is 10.8 Å². The number of rotatable bonds is 2. The van der Waals surface area contributed by atoms with Gasteiger partial charge >= 0.3 is 0 Å². The van der Waals surface area contributed by atoms with E-state index in [1.165, 1.54) is 16.4 Å². The van der Waals surface area contributed by atoms with Crippen LogP contribution in [0.2, 0.25) is 0 Å². The van der Waals surface area contributed by atoms with E-state index in [-0.39, 0.29) is 17.3 Å². The van der Waals surface area contributed by atoms with Gasteiger partial charge in [-0.25, -0.2) is 17.1 Å². The number of halogens is 1. The third-order valence-corrected chi connectivity index (χ3v) is 6.91. The van der Waals surface area contributed by atoms with Crippen LogP contribution in [0.15, 0.2) is 59.0 Å². The number of fused-ring (bicyclic) bond motifs is 3.